The Labute approximate surface area is 137 Å². The number of benzene rings is 1. The van der Waals surface area contributed by atoms with Gasteiger partial charge < -0.3 is 9.88 Å². The van der Waals surface area contributed by atoms with Crippen molar-refractivity contribution in [2.45, 2.75) is 26.9 Å². The normalized spacial score (nSPS) is 11.4. The van der Waals surface area contributed by atoms with Crippen molar-refractivity contribution in [3.8, 4) is 0 Å². The summed E-state index contributed by atoms with van der Waals surface area (Å²) in [5.41, 5.74) is 3.64. The third-order valence-electron chi connectivity index (χ3n) is 4.24. The Morgan fingerprint density at radius 2 is 2.12 bits per heavy atom. The van der Waals surface area contributed by atoms with Crippen LogP contribution in [0.1, 0.15) is 34.0 Å². The van der Waals surface area contributed by atoms with Crippen LogP contribution in [0.3, 0.4) is 0 Å². The highest BCUT2D eigenvalue weighted by Gasteiger charge is 2.18. The maximum Gasteiger partial charge on any atom is 0.319 e. The number of imidazole rings is 1. The minimum atomic E-state index is -2.67. The van der Waals surface area contributed by atoms with Crippen LogP contribution in [0.4, 0.5) is 8.78 Å². The number of fused-ring (bicyclic) bond motifs is 1. The van der Waals surface area contributed by atoms with Crippen LogP contribution in [-0.2, 0) is 6.54 Å². The van der Waals surface area contributed by atoms with Gasteiger partial charge in [0.15, 0.2) is 0 Å². The van der Waals surface area contributed by atoms with Gasteiger partial charge in [-0.15, -0.1) is 0 Å². The number of aromatic amines is 1. The van der Waals surface area contributed by atoms with Crippen molar-refractivity contribution in [2.24, 2.45) is 0 Å². The third-order valence-corrected chi connectivity index (χ3v) is 4.24. The van der Waals surface area contributed by atoms with Crippen LogP contribution in [0.2, 0.25) is 0 Å². The number of H-pyrrole nitrogens is 1. The van der Waals surface area contributed by atoms with Gasteiger partial charge >= 0.3 is 6.55 Å². The van der Waals surface area contributed by atoms with Crippen molar-refractivity contribution in [2.75, 3.05) is 7.05 Å². The van der Waals surface area contributed by atoms with Crippen LogP contribution in [0.5, 0.6) is 0 Å². The van der Waals surface area contributed by atoms with Gasteiger partial charge in [-0.2, -0.15) is 8.78 Å². The first kappa shape index (κ1) is 16.2. The number of nitrogens with zero attached hydrogens (tertiary/aromatic N) is 3. The second-order valence-corrected chi connectivity index (χ2v) is 5.82. The van der Waals surface area contributed by atoms with E-state index in [9.17, 15) is 13.6 Å². The summed E-state index contributed by atoms with van der Waals surface area (Å²) in [6.07, 6.45) is 2.51. The molecule has 3 rings (SSSR count). The zero-order valence-electron chi connectivity index (χ0n) is 13.7. The largest absolute Gasteiger partial charge is 0.358 e. The number of aromatic nitrogens is 3. The Morgan fingerprint density at radius 1 is 1.38 bits per heavy atom. The molecule has 2 heterocycles. The summed E-state index contributed by atoms with van der Waals surface area (Å²) in [5.74, 6) is -0.0884. The molecule has 0 aliphatic carbocycles. The molecule has 2 aromatic heterocycles. The molecule has 0 unspecified atom stereocenters. The van der Waals surface area contributed by atoms with Crippen molar-refractivity contribution in [1.82, 2.24) is 19.4 Å². The first-order valence-electron chi connectivity index (χ1n) is 7.52. The lowest BCUT2D eigenvalue weighted by Crippen LogP contribution is -2.27. The minimum Gasteiger partial charge on any atom is -0.358 e. The highest BCUT2D eigenvalue weighted by atomic mass is 19.3. The first-order chi connectivity index (χ1) is 11.4. The average molecular weight is 332 g/mol. The van der Waals surface area contributed by atoms with Crippen molar-refractivity contribution in [1.29, 1.82) is 0 Å². The number of carbonyl (C=O) groups excluding carboxylic acids is 1. The summed E-state index contributed by atoms with van der Waals surface area (Å²) < 4.78 is 26.5. The summed E-state index contributed by atoms with van der Waals surface area (Å²) in [5, 5.41) is 0.987. The smallest absolute Gasteiger partial charge is 0.319 e. The lowest BCUT2D eigenvalue weighted by Gasteiger charge is -2.17. The molecule has 7 heteroatoms. The maximum atomic E-state index is 12.9. The van der Waals surface area contributed by atoms with Gasteiger partial charge in [0.25, 0.3) is 5.91 Å². The Morgan fingerprint density at radius 3 is 2.83 bits per heavy atom. The molecule has 0 atom stereocenters. The van der Waals surface area contributed by atoms with E-state index in [2.05, 4.69) is 9.97 Å². The molecule has 0 bridgehead atoms. The van der Waals surface area contributed by atoms with Crippen LogP contribution >= 0.6 is 0 Å². The number of hydrogen-bond donors (Lipinski definition) is 1. The van der Waals surface area contributed by atoms with Gasteiger partial charge in [0, 0.05) is 41.6 Å². The lowest BCUT2D eigenvalue weighted by atomic mass is 10.1. The van der Waals surface area contributed by atoms with E-state index >= 15 is 0 Å². The summed E-state index contributed by atoms with van der Waals surface area (Å²) >= 11 is 0. The van der Waals surface area contributed by atoms with Crippen molar-refractivity contribution < 1.29 is 13.6 Å². The SMILES string of the molecule is Cc1[nH]c2ccc(C(=O)N(C)Cc3nccn3C(F)F)cc2c1C. The highest BCUT2D eigenvalue weighted by molar-refractivity contribution is 5.98. The summed E-state index contributed by atoms with van der Waals surface area (Å²) in [4.78, 5) is 21.2. The maximum absolute atomic E-state index is 12.9. The fourth-order valence-corrected chi connectivity index (χ4v) is 2.74. The minimum absolute atomic E-state index is 0.0133. The number of rotatable bonds is 4. The first-order valence-corrected chi connectivity index (χ1v) is 7.52. The number of nitrogens with one attached hydrogen (secondary N) is 1. The van der Waals surface area contributed by atoms with E-state index in [0.29, 0.717) is 5.56 Å². The Kier molecular flexibility index (Phi) is 4.09. The van der Waals surface area contributed by atoms with Crippen LogP contribution in [0.15, 0.2) is 30.6 Å². The molecule has 1 N–H and O–H groups in total. The number of hydrogen-bond acceptors (Lipinski definition) is 2. The number of halogens is 2. The van der Waals surface area contributed by atoms with Crippen LogP contribution < -0.4 is 0 Å². The van der Waals surface area contributed by atoms with Gasteiger partial charge in [-0.25, -0.2) is 4.98 Å². The molecular formula is C17H18F2N4O. The lowest BCUT2D eigenvalue weighted by molar-refractivity contribution is 0.0612. The van der Waals surface area contributed by atoms with Gasteiger partial charge in [-0.05, 0) is 37.6 Å². The van der Waals surface area contributed by atoms with E-state index in [4.69, 9.17) is 0 Å². The molecule has 3 aromatic rings. The summed E-state index contributed by atoms with van der Waals surface area (Å²) in [7, 11) is 1.58. The van der Waals surface area contributed by atoms with Crippen LogP contribution in [0, 0.1) is 13.8 Å². The number of alkyl halides is 2. The van der Waals surface area contributed by atoms with E-state index < -0.39 is 6.55 Å². The number of aryl methyl sites for hydroxylation is 2. The van der Waals surface area contributed by atoms with Gasteiger partial charge in [-0.3, -0.25) is 9.36 Å². The quantitative estimate of drug-likeness (QED) is 0.793. The van der Waals surface area contributed by atoms with E-state index in [1.807, 2.05) is 26.0 Å². The predicted molar refractivity (Wildman–Crippen MR) is 87.1 cm³/mol. The highest BCUT2D eigenvalue weighted by Crippen LogP contribution is 2.23. The molecule has 0 saturated heterocycles. The molecule has 0 spiro atoms. The second kappa shape index (κ2) is 6.07. The van der Waals surface area contributed by atoms with Crippen molar-refractivity contribution in [3.05, 3.63) is 53.2 Å². The van der Waals surface area contributed by atoms with E-state index in [1.165, 1.54) is 17.3 Å². The van der Waals surface area contributed by atoms with E-state index in [-0.39, 0.29) is 18.3 Å². The van der Waals surface area contributed by atoms with Crippen LogP contribution in [0.25, 0.3) is 10.9 Å². The molecular weight excluding hydrogens is 314 g/mol. The zero-order valence-corrected chi connectivity index (χ0v) is 13.7. The molecule has 0 aliphatic heterocycles. The Hall–Kier alpha value is -2.70. The monoisotopic (exact) mass is 332 g/mol. The predicted octanol–water partition coefficient (Wildman–Crippen LogP) is 3.65. The Balaban J connectivity index is 1.85. The summed E-state index contributed by atoms with van der Waals surface area (Å²) in [6, 6.07) is 5.42. The van der Waals surface area contributed by atoms with Crippen LogP contribution in [-0.4, -0.2) is 32.4 Å². The van der Waals surface area contributed by atoms with Gasteiger partial charge in [-0.1, -0.05) is 0 Å². The number of amides is 1. The molecule has 5 nitrogen and oxygen atoms in total. The standard InChI is InChI=1S/C17H18F2N4O/c1-10-11(2)21-14-5-4-12(8-13(10)14)16(24)22(3)9-15-20-6-7-23(15)17(18)19/h4-8,17,21H,9H2,1-3H3. The average Bonchev–Trinajstić information content (AvgIpc) is 3.12. The molecule has 0 radical (unpaired) electrons. The van der Waals surface area contributed by atoms with Crippen molar-refractivity contribution >= 4 is 16.8 Å². The van der Waals surface area contributed by atoms with Gasteiger partial charge in [0.2, 0.25) is 0 Å². The molecule has 0 aliphatic rings. The zero-order chi connectivity index (χ0) is 17.4. The molecule has 0 saturated carbocycles. The molecule has 1 aromatic carbocycles. The van der Waals surface area contributed by atoms with Gasteiger partial charge in [0.05, 0.1) is 6.54 Å². The molecule has 126 valence electrons. The number of carbonyl (C=O) groups is 1. The third kappa shape index (κ3) is 2.77. The topological polar surface area (TPSA) is 53.9 Å². The van der Waals surface area contributed by atoms with Crippen molar-refractivity contribution in [3.63, 3.8) is 0 Å². The fourth-order valence-electron chi connectivity index (χ4n) is 2.74. The molecule has 0 fully saturated rings. The van der Waals surface area contributed by atoms with E-state index in [0.717, 1.165) is 26.7 Å². The van der Waals surface area contributed by atoms with Gasteiger partial charge in [0.1, 0.15) is 5.82 Å². The Bertz CT molecular complexity index is 897. The fraction of sp³-hybridized carbons (Fsp3) is 0.294. The second-order valence-electron chi connectivity index (χ2n) is 5.82. The van der Waals surface area contributed by atoms with E-state index in [1.54, 1.807) is 13.1 Å². The molecule has 1 amide bonds. The summed E-state index contributed by atoms with van der Waals surface area (Å²) in [6.45, 7) is 1.31. The molecule has 24 heavy (non-hydrogen) atoms.